The van der Waals surface area contributed by atoms with Crippen molar-refractivity contribution in [2.24, 2.45) is 0 Å². The fourth-order valence-electron chi connectivity index (χ4n) is 3.10. The van der Waals surface area contributed by atoms with Crippen molar-refractivity contribution in [3.05, 3.63) is 29.8 Å². The maximum absolute atomic E-state index is 5.82. The summed E-state index contributed by atoms with van der Waals surface area (Å²) in [6.45, 7) is 5.15. The average molecular weight is 260 g/mol. The molecule has 0 radical (unpaired) electrons. The number of rotatable bonds is 5. The number of nitrogen functional groups attached to an aromatic ring is 1. The van der Waals surface area contributed by atoms with Gasteiger partial charge in [-0.3, -0.25) is 0 Å². The van der Waals surface area contributed by atoms with E-state index in [2.05, 4.69) is 24.4 Å². The summed E-state index contributed by atoms with van der Waals surface area (Å²) in [6.07, 6.45) is 4.93. The van der Waals surface area contributed by atoms with Crippen LogP contribution in [-0.4, -0.2) is 25.3 Å². The number of nitrogens with one attached hydrogen (secondary N) is 1. The highest BCUT2D eigenvalue weighted by Gasteiger charge is 2.44. The maximum Gasteiger partial charge on any atom is 0.0779 e. The Morgan fingerprint density at radius 2 is 1.89 bits per heavy atom. The molecule has 1 heterocycles. The maximum atomic E-state index is 5.82. The molecule has 1 saturated heterocycles. The van der Waals surface area contributed by atoms with Crippen molar-refractivity contribution in [3.63, 3.8) is 0 Å². The van der Waals surface area contributed by atoms with Crippen molar-refractivity contribution in [2.75, 3.05) is 25.4 Å². The molecule has 1 aliphatic carbocycles. The van der Waals surface area contributed by atoms with E-state index in [-0.39, 0.29) is 5.60 Å². The Labute approximate surface area is 115 Å². The molecule has 0 amide bonds. The van der Waals surface area contributed by atoms with E-state index in [0.717, 1.165) is 25.4 Å². The fourth-order valence-corrected chi connectivity index (χ4v) is 3.10. The van der Waals surface area contributed by atoms with E-state index >= 15 is 0 Å². The van der Waals surface area contributed by atoms with Crippen LogP contribution in [0, 0.1) is 0 Å². The zero-order valence-corrected chi connectivity index (χ0v) is 11.7. The van der Waals surface area contributed by atoms with E-state index < -0.39 is 0 Å². The van der Waals surface area contributed by atoms with Gasteiger partial charge >= 0.3 is 0 Å². The molecule has 0 spiro atoms. The van der Waals surface area contributed by atoms with Crippen molar-refractivity contribution in [1.82, 2.24) is 5.32 Å². The van der Waals surface area contributed by atoms with E-state index in [9.17, 15) is 0 Å². The summed E-state index contributed by atoms with van der Waals surface area (Å²) in [5.74, 6) is 0. The van der Waals surface area contributed by atoms with Crippen molar-refractivity contribution in [1.29, 1.82) is 0 Å². The Hall–Kier alpha value is -1.06. The van der Waals surface area contributed by atoms with Gasteiger partial charge in [-0.25, -0.2) is 0 Å². The monoisotopic (exact) mass is 260 g/mol. The van der Waals surface area contributed by atoms with Gasteiger partial charge in [0, 0.05) is 30.8 Å². The zero-order valence-electron chi connectivity index (χ0n) is 11.7. The third-order valence-corrected chi connectivity index (χ3v) is 4.64. The number of nitrogens with two attached hydrogens (primary N) is 1. The first-order chi connectivity index (χ1) is 9.12. The summed E-state index contributed by atoms with van der Waals surface area (Å²) >= 11 is 0. The van der Waals surface area contributed by atoms with E-state index in [1.165, 1.54) is 31.2 Å². The second-order valence-corrected chi connectivity index (χ2v) is 6.41. The zero-order chi connectivity index (χ0) is 13.3. The second kappa shape index (κ2) is 4.80. The lowest BCUT2D eigenvalue weighted by Gasteiger charge is -2.25. The van der Waals surface area contributed by atoms with Crippen LogP contribution in [0.15, 0.2) is 24.3 Å². The predicted octanol–water partition coefficient (Wildman–Crippen LogP) is 2.46. The molecule has 1 aliphatic heterocycles. The predicted molar refractivity (Wildman–Crippen MR) is 78.2 cm³/mol. The molecule has 104 valence electrons. The first-order valence-corrected chi connectivity index (χ1v) is 7.33. The van der Waals surface area contributed by atoms with Gasteiger partial charge in [-0.1, -0.05) is 12.1 Å². The summed E-state index contributed by atoms with van der Waals surface area (Å²) in [7, 11) is 0. The molecule has 3 heteroatoms. The molecule has 0 aromatic heterocycles. The largest absolute Gasteiger partial charge is 0.399 e. The van der Waals surface area contributed by atoms with Crippen LogP contribution in [-0.2, 0) is 10.2 Å². The van der Waals surface area contributed by atoms with E-state index in [1.807, 2.05) is 12.1 Å². The lowest BCUT2D eigenvalue weighted by atomic mass is 9.95. The molecule has 19 heavy (non-hydrogen) atoms. The number of hydrogen-bond acceptors (Lipinski definition) is 3. The van der Waals surface area contributed by atoms with Gasteiger partial charge in [0.15, 0.2) is 0 Å². The average Bonchev–Trinajstić information content (AvgIpc) is 3.05. The normalized spacial score (nSPS) is 28.5. The quantitative estimate of drug-likeness (QED) is 0.800. The van der Waals surface area contributed by atoms with Crippen LogP contribution in [0.1, 0.15) is 38.2 Å². The van der Waals surface area contributed by atoms with E-state index in [1.54, 1.807) is 0 Å². The molecule has 3 rings (SSSR count). The van der Waals surface area contributed by atoms with Crippen LogP contribution in [0.4, 0.5) is 5.69 Å². The lowest BCUT2D eigenvalue weighted by molar-refractivity contribution is 0.0206. The number of ether oxygens (including phenoxy) is 1. The third kappa shape index (κ3) is 2.77. The van der Waals surface area contributed by atoms with Gasteiger partial charge in [-0.2, -0.15) is 0 Å². The Bertz CT molecular complexity index is 431. The number of anilines is 1. The minimum Gasteiger partial charge on any atom is -0.399 e. The summed E-state index contributed by atoms with van der Waals surface area (Å²) in [5.41, 5.74) is 8.43. The Morgan fingerprint density at radius 3 is 2.47 bits per heavy atom. The summed E-state index contributed by atoms with van der Waals surface area (Å²) < 4.78 is 5.82. The molecule has 1 unspecified atom stereocenters. The first kappa shape index (κ1) is 12.9. The van der Waals surface area contributed by atoms with Crippen LogP contribution in [0.25, 0.3) is 0 Å². The van der Waals surface area contributed by atoms with Crippen molar-refractivity contribution in [3.8, 4) is 0 Å². The van der Waals surface area contributed by atoms with Gasteiger partial charge in [-0.15, -0.1) is 0 Å². The molecule has 1 saturated carbocycles. The molecule has 1 aromatic rings. The van der Waals surface area contributed by atoms with Crippen molar-refractivity contribution < 1.29 is 4.74 Å². The van der Waals surface area contributed by atoms with Crippen LogP contribution in [0.2, 0.25) is 0 Å². The standard InChI is InChI=1S/C16H24N2O/c1-15(7-2-10-19-15)11-18-12-16(8-9-16)13-3-5-14(17)6-4-13/h3-6,18H,2,7-12,17H2,1H3. The molecule has 1 atom stereocenters. The minimum absolute atomic E-state index is 0.0528. The lowest BCUT2D eigenvalue weighted by Crippen LogP contribution is -2.40. The van der Waals surface area contributed by atoms with Gasteiger partial charge < -0.3 is 15.8 Å². The molecule has 2 fully saturated rings. The fraction of sp³-hybridized carbons (Fsp3) is 0.625. The SMILES string of the molecule is CC1(CNCC2(c3ccc(N)cc3)CC2)CCCO1. The molecule has 3 N–H and O–H groups in total. The minimum atomic E-state index is 0.0528. The van der Waals surface area contributed by atoms with Gasteiger partial charge in [-0.05, 0) is 50.3 Å². The van der Waals surface area contributed by atoms with Crippen LogP contribution in [0.3, 0.4) is 0 Å². The topological polar surface area (TPSA) is 47.3 Å². The van der Waals surface area contributed by atoms with Gasteiger partial charge in [0.05, 0.1) is 5.60 Å². The highest BCUT2D eigenvalue weighted by Crippen LogP contribution is 2.47. The van der Waals surface area contributed by atoms with E-state index in [4.69, 9.17) is 10.5 Å². The van der Waals surface area contributed by atoms with Crippen molar-refractivity contribution >= 4 is 5.69 Å². The summed E-state index contributed by atoms with van der Waals surface area (Å²) in [5, 5.41) is 3.63. The van der Waals surface area contributed by atoms with Gasteiger partial charge in [0.2, 0.25) is 0 Å². The highest BCUT2D eigenvalue weighted by molar-refractivity contribution is 5.43. The Morgan fingerprint density at radius 1 is 1.16 bits per heavy atom. The Balaban J connectivity index is 1.56. The number of benzene rings is 1. The van der Waals surface area contributed by atoms with Crippen LogP contribution in [0.5, 0.6) is 0 Å². The van der Waals surface area contributed by atoms with Crippen LogP contribution >= 0.6 is 0 Å². The second-order valence-electron chi connectivity index (χ2n) is 6.41. The Kier molecular flexibility index (Phi) is 3.27. The summed E-state index contributed by atoms with van der Waals surface area (Å²) in [4.78, 5) is 0. The molecule has 1 aromatic carbocycles. The highest BCUT2D eigenvalue weighted by atomic mass is 16.5. The molecule has 2 aliphatic rings. The molecule has 3 nitrogen and oxygen atoms in total. The molecular weight excluding hydrogens is 236 g/mol. The third-order valence-electron chi connectivity index (χ3n) is 4.64. The van der Waals surface area contributed by atoms with E-state index in [0.29, 0.717) is 5.41 Å². The van der Waals surface area contributed by atoms with Gasteiger partial charge in [0.1, 0.15) is 0 Å². The molecule has 0 bridgehead atoms. The van der Waals surface area contributed by atoms with Crippen molar-refractivity contribution in [2.45, 2.75) is 43.6 Å². The summed E-state index contributed by atoms with van der Waals surface area (Å²) in [6, 6.07) is 8.38. The first-order valence-electron chi connectivity index (χ1n) is 7.33. The molecular formula is C16H24N2O. The van der Waals surface area contributed by atoms with Gasteiger partial charge in [0.25, 0.3) is 0 Å². The van der Waals surface area contributed by atoms with Crippen LogP contribution < -0.4 is 11.1 Å². The number of hydrogen-bond donors (Lipinski definition) is 2. The smallest absolute Gasteiger partial charge is 0.0779 e.